The first kappa shape index (κ1) is 17.8. The molecule has 0 aliphatic carbocycles. The van der Waals surface area contributed by atoms with Crippen molar-refractivity contribution in [2.45, 2.75) is 18.5 Å². The number of nitrogens with one attached hydrogen (secondary N) is 2. The van der Waals surface area contributed by atoms with E-state index in [-0.39, 0.29) is 5.91 Å². The number of H-pyrrole nitrogens is 1. The Labute approximate surface area is 164 Å². The molecule has 6 nitrogen and oxygen atoms in total. The molecule has 2 aromatic carbocycles. The third-order valence-electron chi connectivity index (χ3n) is 4.14. The molecule has 0 radical (unpaired) electrons. The Balaban J connectivity index is 1.39. The summed E-state index contributed by atoms with van der Waals surface area (Å²) in [6.45, 7) is 1.93. The number of amides is 1. The number of aromatic amines is 1. The summed E-state index contributed by atoms with van der Waals surface area (Å²) in [6, 6.07) is 13.3. The standard InChI is InChI=1S/C19H16ClN5OS/c1-11-6-7-12(20)10-15(11)21-16(26)8-9-27-19-23-18-17(24-25-19)13-4-2-3-5-14(13)22-18/h2-7,10H,8-9H2,1H3,(H,21,26)(H,22,23,25). The van der Waals surface area contributed by atoms with Crippen LogP contribution in [-0.2, 0) is 4.79 Å². The van der Waals surface area contributed by atoms with Gasteiger partial charge in [-0.2, -0.15) is 0 Å². The van der Waals surface area contributed by atoms with E-state index in [0.717, 1.165) is 27.7 Å². The van der Waals surface area contributed by atoms with Crippen molar-refractivity contribution in [1.82, 2.24) is 20.2 Å². The van der Waals surface area contributed by atoms with Gasteiger partial charge in [0.05, 0.1) is 0 Å². The zero-order valence-electron chi connectivity index (χ0n) is 14.5. The molecule has 0 unspecified atom stereocenters. The molecule has 0 bridgehead atoms. The van der Waals surface area contributed by atoms with Crippen molar-refractivity contribution in [3.05, 3.63) is 53.1 Å². The fourth-order valence-electron chi connectivity index (χ4n) is 2.74. The second-order valence-electron chi connectivity index (χ2n) is 6.07. The first-order valence-corrected chi connectivity index (χ1v) is 9.76. The second kappa shape index (κ2) is 7.54. The number of fused-ring (bicyclic) bond motifs is 3. The molecule has 27 heavy (non-hydrogen) atoms. The Bertz CT molecular complexity index is 1140. The average molecular weight is 398 g/mol. The molecule has 0 aliphatic rings. The van der Waals surface area contributed by atoms with Crippen LogP contribution in [0.5, 0.6) is 0 Å². The lowest BCUT2D eigenvalue weighted by Gasteiger charge is -2.08. The van der Waals surface area contributed by atoms with E-state index in [9.17, 15) is 4.79 Å². The summed E-state index contributed by atoms with van der Waals surface area (Å²) in [5.74, 6) is 0.478. The summed E-state index contributed by atoms with van der Waals surface area (Å²) in [5.41, 5.74) is 4.14. The van der Waals surface area contributed by atoms with Crippen LogP contribution in [0.25, 0.3) is 22.1 Å². The summed E-state index contributed by atoms with van der Waals surface area (Å²) >= 11 is 7.38. The molecule has 0 aliphatic heterocycles. The minimum absolute atomic E-state index is 0.0764. The number of para-hydroxylation sites is 1. The number of aryl methyl sites for hydroxylation is 1. The molecule has 4 aromatic rings. The van der Waals surface area contributed by atoms with Crippen LogP contribution in [0.1, 0.15) is 12.0 Å². The van der Waals surface area contributed by atoms with Gasteiger partial charge in [-0.05, 0) is 30.7 Å². The molecular formula is C19H16ClN5OS. The number of hydrogen-bond acceptors (Lipinski definition) is 5. The highest BCUT2D eigenvalue weighted by molar-refractivity contribution is 7.99. The third-order valence-corrected chi connectivity index (χ3v) is 5.21. The summed E-state index contributed by atoms with van der Waals surface area (Å²) in [7, 11) is 0. The molecule has 8 heteroatoms. The molecule has 0 saturated heterocycles. The number of benzene rings is 2. The van der Waals surface area contributed by atoms with Gasteiger partial charge in [0.15, 0.2) is 5.65 Å². The Morgan fingerprint density at radius 2 is 2.07 bits per heavy atom. The molecule has 2 heterocycles. The number of carbonyl (C=O) groups is 1. The lowest BCUT2D eigenvalue weighted by molar-refractivity contribution is -0.115. The van der Waals surface area contributed by atoms with Crippen LogP contribution in [0.4, 0.5) is 5.69 Å². The van der Waals surface area contributed by atoms with Crippen LogP contribution in [0.2, 0.25) is 5.02 Å². The molecular weight excluding hydrogens is 382 g/mol. The normalized spacial score (nSPS) is 11.2. The van der Waals surface area contributed by atoms with E-state index in [1.54, 1.807) is 12.1 Å². The number of thioether (sulfide) groups is 1. The quantitative estimate of drug-likeness (QED) is 0.481. The van der Waals surface area contributed by atoms with E-state index < -0.39 is 0 Å². The smallest absolute Gasteiger partial charge is 0.225 e. The van der Waals surface area contributed by atoms with Crippen LogP contribution in [-0.4, -0.2) is 31.8 Å². The van der Waals surface area contributed by atoms with E-state index >= 15 is 0 Å². The van der Waals surface area contributed by atoms with Crippen molar-refractivity contribution in [2.24, 2.45) is 0 Å². The summed E-state index contributed by atoms with van der Waals surface area (Å²) in [5, 5.41) is 13.5. The largest absolute Gasteiger partial charge is 0.338 e. The molecule has 2 aromatic heterocycles. The highest BCUT2D eigenvalue weighted by Gasteiger charge is 2.10. The molecule has 0 atom stereocenters. The Kier molecular flexibility index (Phi) is 4.96. The van der Waals surface area contributed by atoms with Gasteiger partial charge >= 0.3 is 0 Å². The zero-order chi connectivity index (χ0) is 18.8. The maximum atomic E-state index is 12.2. The van der Waals surface area contributed by atoms with Gasteiger partial charge in [0.1, 0.15) is 5.52 Å². The SMILES string of the molecule is Cc1ccc(Cl)cc1NC(=O)CCSc1nnc2c(n1)[nH]c1ccccc12. The number of nitrogens with zero attached hydrogens (tertiary/aromatic N) is 3. The molecule has 1 amide bonds. The van der Waals surface area contributed by atoms with E-state index in [0.29, 0.717) is 28.0 Å². The molecule has 2 N–H and O–H groups in total. The van der Waals surface area contributed by atoms with Crippen LogP contribution < -0.4 is 5.32 Å². The fraction of sp³-hybridized carbons (Fsp3) is 0.158. The van der Waals surface area contributed by atoms with Gasteiger partial charge in [0, 0.05) is 33.8 Å². The first-order chi connectivity index (χ1) is 13.1. The van der Waals surface area contributed by atoms with E-state index in [1.807, 2.05) is 37.3 Å². The van der Waals surface area contributed by atoms with Gasteiger partial charge in [0.25, 0.3) is 0 Å². The highest BCUT2D eigenvalue weighted by Crippen LogP contribution is 2.24. The van der Waals surface area contributed by atoms with Crippen molar-refractivity contribution >= 4 is 57.0 Å². The lowest BCUT2D eigenvalue weighted by Crippen LogP contribution is -2.13. The van der Waals surface area contributed by atoms with Crippen molar-refractivity contribution < 1.29 is 4.79 Å². The summed E-state index contributed by atoms with van der Waals surface area (Å²) in [6.07, 6.45) is 0.338. The number of rotatable bonds is 5. The predicted molar refractivity (Wildman–Crippen MR) is 109 cm³/mol. The van der Waals surface area contributed by atoms with Crippen LogP contribution >= 0.6 is 23.4 Å². The number of hydrogen-bond donors (Lipinski definition) is 2. The Morgan fingerprint density at radius 1 is 1.22 bits per heavy atom. The van der Waals surface area contributed by atoms with Gasteiger partial charge in [0.2, 0.25) is 11.1 Å². The van der Waals surface area contributed by atoms with Gasteiger partial charge in [-0.3, -0.25) is 4.79 Å². The van der Waals surface area contributed by atoms with Crippen molar-refractivity contribution in [2.75, 3.05) is 11.1 Å². The number of aromatic nitrogens is 4. The Hall–Kier alpha value is -2.64. The van der Waals surface area contributed by atoms with Gasteiger partial charge in [-0.1, -0.05) is 47.6 Å². The maximum Gasteiger partial charge on any atom is 0.225 e. The third kappa shape index (κ3) is 3.89. The van der Waals surface area contributed by atoms with Crippen LogP contribution in [0.3, 0.4) is 0 Å². The topological polar surface area (TPSA) is 83.6 Å². The average Bonchev–Trinajstić information content (AvgIpc) is 3.02. The number of anilines is 1. The van der Waals surface area contributed by atoms with E-state index in [4.69, 9.17) is 11.6 Å². The van der Waals surface area contributed by atoms with Crippen molar-refractivity contribution in [1.29, 1.82) is 0 Å². The Morgan fingerprint density at radius 3 is 2.96 bits per heavy atom. The zero-order valence-corrected chi connectivity index (χ0v) is 16.1. The monoisotopic (exact) mass is 397 g/mol. The van der Waals surface area contributed by atoms with Crippen LogP contribution in [0.15, 0.2) is 47.6 Å². The van der Waals surface area contributed by atoms with Crippen molar-refractivity contribution in [3.63, 3.8) is 0 Å². The molecule has 4 rings (SSSR count). The summed E-state index contributed by atoms with van der Waals surface area (Å²) in [4.78, 5) is 19.9. The second-order valence-corrected chi connectivity index (χ2v) is 7.57. The van der Waals surface area contributed by atoms with E-state index in [2.05, 4.69) is 25.5 Å². The number of carbonyl (C=O) groups excluding carboxylic acids is 1. The van der Waals surface area contributed by atoms with Gasteiger partial charge < -0.3 is 10.3 Å². The molecule has 136 valence electrons. The van der Waals surface area contributed by atoms with Gasteiger partial charge in [-0.15, -0.1) is 10.2 Å². The lowest BCUT2D eigenvalue weighted by atomic mass is 10.2. The van der Waals surface area contributed by atoms with Gasteiger partial charge in [-0.25, -0.2) is 4.98 Å². The van der Waals surface area contributed by atoms with Crippen LogP contribution in [0, 0.1) is 6.92 Å². The van der Waals surface area contributed by atoms with Crippen molar-refractivity contribution in [3.8, 4) is 0 Å². The number of halogens is 1. The van der Waals surface area contributed by atoms with E-state index in [1.165, 1.54) is 11.8 Å². The first-order valence-electron chi connectivity index (χ1n) is 8.40. The fourth-order valence-corrected chi connectivity index (χ4v) is 3.64. The minimum Gasteiger partial charge on any atom is -0.338 e. The maximum absolute atomic E-state index is 12.2. The summed E-state index contributed by atoms with van der Waals surface area (Å²) < 4.78 is 0. The highest BCUT2D eigenvalue weighted by atomic mass is 35.5. The predicted octanol–water partition coefficient (Wildman–Crippen LogP) is 4.59. The molecule has 0 spiro atoms. The molecule has 0 saturated carbocycles. The molecule has 0 fully saturated rings. The minimum atomic E-state index is -0.0764.